The normalized spacial score (nSPS) is 11.2. The fourth-order valence-electron chi connectivity index (χ4n) is 8.38. The summed E-state index contributed by atoms with van der Waals surface area (Å²) in [5.41, 5.74) is 15.2. The molecule has 10 rings (SSSR count). The molecule has 1 heteroatoms. The van der Waals surface area contributed by atoms with Gasteiger partial charge in [0.05, 0.1) is 11.4 Å². The van der Waals surface area contributed by atoms with E-state index < -0.39 is 0 Å². The highest BCUT2D eigenvalue weighted by Crippen LogP contribution is 2.48. The second kappa shape index (κ2) is 15.0. The summed E-state index contributed by atoms with van der Waals surface area (Å²) in [4.78, 5) is 2.47. The van der Waals surface area contributed by atoms with Crippen molar-refractivity contribution in [2.45, 2.75) is 0 Å². The molecule has 10 aromatic rings. The third-order valence-electron chi connectivity index (χ3n) is 11.1. The highest BCUT2D eigenvalue weighted by atomic mass is 15.1. The van der Waals surface area contributed by atoms with Crippen LogP contribution in [0.3, 0.4) is 0 Å². The Balaban J connectivity index is 1.24. The molecule has 0 radical (unpaired) electrons. The van der Waals surface area contributed by atoms with Gasteiger partial charge in [0.1, 0.15) is 0 Å². The van der Waals surface area contributed by atoms with E-state index in [9.17, 15) is 0 Å². The zero-order valence-electron chi connectivity index (χ0n) is 31.5. The lowest BCUT2D eigenvalue weighted by atomic mass is 9.90. The topological polar surface area (TPSA) is 3.24 Å². The smallest absolute Gasteiger partial charge is 0.0546 e. The molecule has 0 aromatic heterocycles. The molecule has 0 aliphatic carbocycles. The summed E-state index contributed by atoms with van der Waals surface area (Å²) in [6, 6.07) is 85.8. The summed E-state index contributed by atoms with van der Waals surface area (Å²) in [5, 5.41) is 4.95. The monoisotopic (exact) mass is 725 g/mol. The molecule has 0 atom stereocenters. The maximum absolute atomic E-state index is 2.47. The van der Waals surface area contributed by atoms with Crippen LogP contribution in [0.2, 0.25) is 0 Å². The van der Waals surface area contributed by atoms with Crippen LogP contribution in [0.1, 0.15) is 0 Å². The van der Waals surface area contributed by atoms with Crippen molar-refractivity contribution in [3.8, 4) is 55.6 Å². The molecule has 0 N–H and O–H groups in total. The molecule has 0 bridgehead atoms. The van der Waals surface area contributed by atoms with Crippen molar-refractivity contribution in [2.24, 2.45) is 0 Å². The highest BCUT2D eigenvalue weighted by Gasteiger charge is 2.23. The molecule has 0 saturated heterocycles. The van der Waals surface area contributed by atoms with Crippen molar-refractivity contribution in [1.29, 1.82) is 0 Å². The van der Waals surface area contributed by atoms with Crippen LogP contribution < -0.4 is 4.90 Å². The molecule has 1 nitrogen and oxygen atoms in total. The van der Waals surface area contributed by atoms with E-state index in [1.165, 1.54) is 60.5 Å². The maximum Gasteiger partial charge on any atom is 0.0546 e. The van der Waals surface area contributed by atoms with Crippen LogP contribution in [0.15, 0.2) is 237 Å². The molecule has 0 saturated carbocycles. The van der Waals surface area contributed by atoms with Crippen molar-refractivity contribution >= 4 is 38.6 Å². The Bertz CT molecular complexity index is 2980. The van der Waals surface area contributed by atoms with Gasteiger partial charge in [0, 0.05) is 16.8 Å². The number of anilines is 3. The summed E-state index contributed by atoms with van der Waals surface area (Å²) in [6.07, 6.45) is 0. The maximum atomic E-state index is 2.47. The molecule has 10 aromatic carbocycles. The van der Waals surface area contributed by atoms with Gasteiger partial charge in [-0.2, -0.15) is 0 Å². The predicted octanol–water partition coefficient (Wildman–Crippen LogP) is 15.8. The lowest BCUT2D eigenvalue weighted by Gasteiger charge is -2.31. The molecule has 268 valence electrons. The fraction of sp³-hybridized carbons (Fsp3) is 0. The predicted molar refractivity (Wildman–Crippen MR) is 243 cm³/mol. The average molecular weight is 726 g/mol. The SMILES string of the molecule is c1ccc(-c2ccc(-c3ccccc3)c(N(c3ccc(-c4cccc5ccccc45)cc3)c3ccccc3-c3cccc4cccc(-c5ccccc5)c34)c2)cc1. The highest BCUT2D eigenvalue weighted by molar-refractivity contribution is 6.09. The summed E-state index contributed by atoms with van der Waals surface area (Å²) in [5.74, 6) is 0. The Labute approximate surface area is 334 Å². The number of rotatable bonds is 8. The van der Waals surface area contributed by atoms with E-state index in [1.54, 1.807) is 0 Å². The molecule has 0 aliphatic rings. The van der Waals surface area contributed by atoms with Crippen molar-refractivity contribution in [3.63, 3.8) is 0 Å². The summed E-state index contributed by atoms with van der Waals surface area (Å²) < 4.78 is 0. The van der Waals surface area contributed by atoms with E-state index in [0.717, 1.165) is 33.8 Å². The summed E-state index contributed by atoms with van der Waals surface area (Å²) >= 11 is 0. The fourth-order valence-corrected chi connectivity index (χ4v) is 8.38. The zero-order valence-corrected chi connectivity index (χ0v) is 31.5. The molecule has 0 fully saturated rings. The minimum absolute atomic E-state index is 1.08. The summed E-state index contributed by atoms with van der Waals surface area (Å²) in [7, 11) is 0. The zero-order chi connectivity index (χ0) is 38.0. The second-order valence-electron chi connectivity index (χ2n) is 14.5. The number of hydrogen-bond donors (Lipinski definition) is 0. The third-order valence-corrected chi connectivity index (χ3v) is 11.1. The van der Waals surface area contributed by atoms with E-state index in [4.69, 9.17) is 0 Å². The molecule has 0 amide bonds. The van der Waals surface area contributed by atoms with Gasteiger partial charge in [0.2, 0.25) is 0 Å². The van der Waals surface area contributed by atoms with E-state index >= 15 is 0 Å². The van der Waals surface area contributed by atoms with Crippen LogP contribution in [-0.4, -0.2) is 0 Å². The molecule has 0 aliphatic heterocycles. The lowest BCUT2D eigenvalue weighted by molar-refractivity contribution is 1.28. The van der Waals surface area contributed by atoms with Gasteiger partial charge in [0.25, 0.3) is 0 Å². The first-order valence-corrected chi connectivity index (χ1v) is 19.6. The number of fused-ring (bicyclic) bond motifs is 2. The molecule has 0 heterocycles. The average Bonchev–Trinajstić information content (AvgIpc) is 3.30. The van der Waals surface area contributed by atoms with Crippen molar-refractivity contribution in [1.82, 2.24) is 0 Å². The second-order valence-corrected chi connectivity index (χ2v) is 14.5. The van der Waals surface area contributed by atoms with E-state index in [-0.39, 0.29) is 0 Å². The number of benzene rings is 10. The van der Waals surface area contributed by atoms with Gasteiger partial charge in [-0.25, -0.2) is 0 Å². The Morgan fingerprint density at radius 1 is 0.246 bits per heavy atom. The lowest BCUT2D eigenvalue weighted by Crippen LogP contribution is -2.13. The van der Waals surface area contributed by atoms with Gasteiger partial charge in [-0.05, 0) is 90.3 Å². The first-order chi connectivity index (χ1) is 28.3. The minimum Gasteiger partial charge on any atom is -0.309 e. The first kappa shape index (κ1) is 34.0. The number of hydrogen-bond acceptors (Lipinski definition) is 1. The van der Waals surface area contributed by atoms with Gasteiger partial charge >= 0.3 is 0 Å². The van der Waals surface area contributed by atoms with Gasteiger partial charge in [-0.3, -0.25) is 0 Å². The Morgan fingerprint density at radius 3 is 1.46 bits per heavy atom. The van der Waals surface area contributed by atoms with Crippen LogP contribution in [0.25, 0.3) is 77.2 Å². The number of para-hydroxylation sites is 1. The van der Waals surface area contributed by atoms with Gasteiger partial charge in [-0.1, -0.05) is 212 Å². The Kier molecular flexibility index (Phi) is 8.95. The van der Waals surface area contributed by atoms with Crippen molar-refractivity contribution < 1.29 is 0 Å². The summed E-state index contributed by atoms with van der Waals surface area (Å²) in [6.45, 7) is 0. The molecular weight excluding hydrogens is 687 g/mol. The van der Waals surface area contributed by atoms with Gasteiger partial charge in [0.15, 0.2) is 0 Å². The Morgan fingerprint density at radius 2 is 0.737 bits per heavy atom. The van der Waals surface area contributed by atoms with E-state index in [0.29, 0.717) is 0 Å². The molecule has 0 unspecified atom stereocenters. The largest absolute Gasteiger partial charge is 0.309 e. The van der Waals surface area contributed by atoms with Crippen LogP contribution in [-0.2, 0) is 0 Å². The quantitative estimate of drug-likeness (QED) is 0.151. The molecule has 57 heavy (non-hydrogen) atoms. The molecule has 0 spiro atoms. The standard InChI is InChI=1S/C56H39N/c1-4-17-40(18-5-1)46-35-38-50(42-19-6-2-7-20-42)55(39-46)57(47-36-33-44(34-37-47)49-29-14-24-41-23-10-11-27-48(41)49)54-32-13-12-28-52(54)53-31-16-26-45-25-15-30-51(56(45)53)43-21-8-3-9-22-43/h1-39H. The third kappa shape index (κ3) is 6.46. The van der Waals surface area contributed by atoms with Gasteiger partial charge in [-0.15, -0.1) is 0 Å². The van der Waals surface area contributed by atoms with E-state index in [1.807, 2.05) is 0 Å². The van der Waals surface area contributed by atoms with Crippen molar-refractivity contribution in [2.75, 3.05) is 4.90 Å². The number of nitrogens with zero attached hydrogens (tertiary/aromatic N) is 1. The molecular formula is C56H39N. The van der Waals surface area contributed by atoms with Crippen LogP contribution >= 0.6 is 0 Å². The van der Waals surface area contributed by atoms with Crippen molar-refractivity contribution in [3.05, 3.63) is 237 Å². The van der Waals surface area contributed by atoms with Crippen LogP contribution in [0, 0.1) is 0 Å². The van der Waals surface area contributed by atoms with Gasteiger partial charge < -0.3 is 4.90 Å². The minimum atomic E-state index is 1.08. The first-order valence-electron chi connectivity index (χ1n) is 19.6. The Hall–Kier alpha value is -7.48. The van der Waals surface area contributed by atoms with Crippen LogP contribution in [0.5, 0.6) is 0 Å². The van der Waals surface area contributed by atoms with Crippen LogP contribution in [0.4, 0.5) is 17.1 Å². The van der Waals surface area contributed by atoms with E-state index in [2.05, 4.69) is 241 Å².